The van der Waals surface area contributed by atoms with E-state index in [2.05, 4.69) is 10.4 Å². The van der Waals surface area contributed by atoms with Crippen LogP contribution in [0.25, 0.3) is 21.9 Å². The minimum Gasteiger partial charge on any atom is -0.494 e. The highest BCUT2D eigenvalue weighted by Gasteiger charge is 2.15. The van der Waals surface area contributed by atoms with Crippen molar-refractivity contribution in [1.29, 1.82) is 0 Å². The predicted octanol–water partition coefficient (Wildman–Crippen LogP) is 3.18. The third-order valence-electron chi connectivity index (χ3n) is 4.15. The summed E-state index contributed by atoms with van der Waals surface area (Å²) < 4.78 is 12.2. The first kappa shape index (κ1) is 16.8. The third-order valence-corrected chi connectivity index (χ3v) is 4.15. The van der Waals surface area contributed by atoms with Crippen LogP contribution in [-0.4, -0.2) is 22.3 Å². The molecule has 2 aromatic heterocycles. The molecule has 7 nitrogen and oxygen atoms in total. The maximum atomic E-state index is 12.5. The van der Waals surface area contributed by atoms with Gasteiger partial charge in [-0.05, 0) is 43.3 Å². The maximum absolute atomic E-state index is 12.5. The monoisotopic (exact) mass is 363 g/mol. The van der Waals surface area contributed by atoms with Crippen LogP contribution in [0.2, 0.25) is 0 Å². The van der Waals surface area contributed by atoms with Gasteiger partial charge < -0.3 is 14.5 Å². The predicted molar refractivity (Wildman–Crippen MR) is 102 cm³/mol. The molecule has 0 aliphatic heterocycles. The summed E-state index contributed by atoms with van der Waals surface area (Å²) in [5.41, 5.74) is 1.23. The third kappa shape index (κ3) is 3.27. The van der Waals surface area contributed by atoms with Crippen molar-refractivity contribution >= 4 is 33.5 Å². The normalized spacial score (nSPS) is 11.0. The van der Waals surface area contributed by atoms with E-state index in [4.69, 9.17) is 9.15 Å². The second-order valence-electron chi connectivity index (χ2n) is 5.96. The standard InChI is InChI=1S/C20H17N3O4/c1-2-26-14-9-7-13(8-10-14)22-18(24)12-23-19-15-5-3-4-6-17(15)27-20(25)16(19)11-21-23/h3-11H,2,12H2,1H3,(H,22,24). The van der Waals surface area contributed by atoms with Crippen molar-refractivity contribution < 1.29 is 13.9 Å². The number of amides is 1. The molecule has 1 amide bonds. The van der Waals surface area contributed by atoms with E-state index in [1.807, 2.05) is 19.1 Å². The van der Waals surface area contributed by atoms with E-state index in [0.717, 1.165) is 11.1 Å². The van der Waals surface area contributed by atoms with Gasteiger partial charge in [0.15, 0.2) is 0 Å². The lowest BCUT2D eigenvalue weighted by Gasteiger charge is -2.08. The molecule has 2 heterocycles. The smallest absolute Gasteiger partial charge is 0.347 e. The topological polar surface area (TPSA) is 86.4 Å². The van der Waals surface area contributed by atoms with Crippen molar-refractivity contribution in [2.75, 3.05) is 11.9 Å². The van der Waals surface area contributed by atoms with Gasteiger partial charge in [0.05, 0.1) is 18.3 Å². The molecular formula is C20H17N3O4. The fraction of sp³-hybridized carbons (Fsp3) is 0.150. The number of nitrogens with zero attached hydrogens (tertiary/aromatic N) is 2. The van der Waals surface area contributed by atoms with Crippen LogP contribution in [-0.2, 0) is 11.3 Å². The molecule has 4 aromatic rings. The number of ether oxygens (including phenoxy) is 1. The van der Waals surface area contributed by atoms with E-state index >= 15 is 0 Å². The molecule has 27 heavy (non-hydrogen) atoms. The second-order valence-corrected chi connectivity index (χ2v) is 5.96. The van der Waals surface area contributed by atoms with Crippen LogP contribution >= 0.6 is 0 Å². The number of nitrogens with one attached hydrogen (secondary N) is 1. The van der Waals surface area contributed by atoms with Gasteiger partial charge in [-0.15, -0.1) is 0 Å². The molecule has 136 valence electrons. The zero-order valence-corrected chi connectivity index (χ0v) is 14.6. The molecule has 0 spiro atoms. The summed E-state index contributed by atoms with van der Waals surface area (Å²) in [5, 5.41) is 8.11. The fourth-order valence-corrected chi connectivity index (χ4v) is 2.98. The van der Waals surface area contributed by atoms with Crippen molar-refractivity contribution in [2.24, 2.45) is 0 Å². The second kappa shape index (κ2) is 6.95. The van der Waals surface area contributed by atoms with Gasteiger partial charge in [0.25, 0.3) is 0 Å². The molecule has 0 saturated heterocycles. The van der Waals surface area contributed by atoms with Crippen LogP contribution in [0.3, 0.4) is 0 Å². The quantitative estimate of drug-likeness (QED) is 0.550. The Morgan fingerprint density at radius 1 is 1.15 bits per heavy atom. The van der Waals surface area contributed by atoms with Gasteiger partial charge >= 0.3 is 5.63 Å². The Hall–Kier alpha value is -3.61. The van der Waals surface area contributed by atoms with Crippen molar-refractivity contribution in [3.05, 3.63) is 65.1 Å². The van der Waals surface area contributed by atoms with Gasteiger partial charge in [-0.1, -0.05) is 12.1 Å². The van der Waals surface area contributed by atoms with E-state index in [9.17, 15) is 9.59 Å². The highest BCUT2D eigenvalue weighted by atomic mass is 16.5. The van der Waals surface area contributed by atoms with E-state index in [0.29, 0.717) is 28.8 Å². The van der Waals surface area contributed by atoms with Gasteiger partial charge in [-0.2, -0.15) is 5.10 Å². The van der Waals surface area contributed by atoms with E-state index in [-0.39, 0.29) is 12.5 Å². The summed E-state index contributed by atoms with van der Waals surface area (Å²) in [7, 11) is 0. The fourth-order valence-electron chi connectivity index (χ4n) is 2.98. The highest BCUT2D eigenvalue weighted by molar-refractivity contribution is 6.02. The summed E-state index contributed by atoms with van der Waals surface area (Å²) in [6.07, 6.45) is 1.43. The molecule has 7 heteroatoms. The molecule has 0 atom stereocenters. The number of anilines is 1. The van der Waals surface area contributed by atoms with Crippen molar-refractivity contribution in [1.82, 2.24) is 9.78 Å². The molecule has 0 aliphatic rings. The molecule has 4 rings (SSSR count). The average molecular weight is 363 g/mol. The zero-order valence-electron chi connectivity index (χ0n) is 14.6. The SMILES string of the molecule is CCOc1ccc(NC(=O)Cn2ncc3c(=O)oc4ccccc4c32)cc1. The number of hydrogen-bond acceptors (Lipinski definition) is 5. The highest BCUT2D eigenvalue weighted by Crippen LogP contribution is 2.22. The largest absolute Gasteiger partial charge is 0.494 e. The number of carbonyl (C=O) groups is 1. The lowest BCUT2D eigenvalue weighted by Crippen LogP contribution is -2.19. The van der Waals surface area contributed by atoms with Gasteiger partial charge in [0.1, 0.15) is 23.3 Å². The maximum Gasteiger partial charge on any atom is 0.347 e. The first-order chi connectivity index (χ1) is 13.2. The molecule has 0 aliphatic carbocycles. The number of hydrogen-bond donors (Lipinski definition) is 1. The Kier molecular flexibility index (Phi) is 4.33. The van der Waals surface area contributed by atoms with Crippen LogP contribution in [0.5, 0.6) is 5.75 Å². The summed E-state index contributed by atoms with van der Waals surface area (Å²) in [6.45, 7) is 2.47. The van der Waals surface area contributed by atoms with Crippen LogP contribution in [0.15, 0.2) is 63.9 Å². The number of fused-ring (bicyclic) bond motifs is 3. The minimum absolute atomic E-state index is 0.0237. The number of aromatic nitrogens is 2. The van der Waals surface area contributed by atoms with Crippen molar-refractivity contribution in [3.8, 4) is 5.75 Å². The molecule has 2 aromatic carbocycles. The van der Waals surface area contributed by atoms with Gasteiger partial charge in [0.2, 0.25) is 5.91 Å². The van der Waals surface area contributed by atoms with Crippen molar-refractivity contribution in [2.45, 2.75) is 13.5 Å². The molecular weight excluding hydrogens is 346 g/mol. The Morgan fingerprint density at radius 2 is 1.93 bits per heavy atom. The number of para-hydroxylation sites is 1. The van der Waals surface area contributed by atoms with Crippen LogP contribution in [0.4, 0.5) is 5.69 Å². The van der Waals surface area contributed by atoms with Gasteiger partial charge in [-0.3, -0.25) is 9.48 Å². The molecule has 1 N–H and O–H groups in total. The first-order valence-electron chi connectivity index (χ1n) is 8.56. The molecule has 0 unspecified atom stereocenters. The van der Waals surface area contributed by atoms with Crippen molar-refractivity contribution in [3.63, 3.8) is 0 Å². The molecule has 0 bridgehead atoms. The number of benzene rings is 2. The van der Waals surface area contributed by atoms with E-state index in [1.54, 1.807) is 36.4 Å². The first-order valence-corrected chi connectivity index (χ1v) is 8.56. The number of rotatable bonds is 5. The summed E-state index contributed by atoms with van der Waals surface area (Å²) in [4.78, 5) is 24.6. The molecule has 0 saturated carbocycles. The zero-order chi connectivity index (χ0) is 18.8. The number of carbonyl (C=O) groups excluding carboxylic acids is 1. The lowest BCUT2D eigenvalue weighted by molar-refractivity contribution is -0.116. The summed E-state index contributed by atoms with van der Waals surface area (Å²) in [5.74, 6) is 0.494. The Balaban J connectivity index is 1.61. The molecule has 0 radical (unpaired) electrons. The Labute approximate surface area is 154 Å². The Bertz CT molecular complexity index is 1180. The van der Waals surface area contributed by atoms with Crippen LogP contribution in [0, 0.1) is 0 Å². The van der Waals surface area contributed by atoms with Crippen LogP contribution < -0.4 is 15.7 Å². The molecule has 0 fully saturated rings. The summed E-state index contributed by atoms with van der Waals surface area (Å²) >= 11 is 0. The average Bonchev–Trinajstić information content (AvgIpc) is 3.08. The lowest BCUT2D eigenvalue weighted by atomic mass is 10.2. The summed E-state index contributed by atoms with van der Waals surface area (Å²) in [6, 6.07) is 14.3. The van der Waals surface area contributed by atoms with E-state index < -0.39 is 5.63 Å². The van der Waals surface area contributed by atoms with Gasteiger partial charge in [0, 0.05) is 11.1 Å². The van der Waals surface area contributed by atoms with E-state index in [1.165, 1.54) is 10.9 Å². The van der Waals surface area contributed by atoms with Gasteiger partial charge in [-0.25, -0.2) is 4.79 Å². The van der Waals surface area contributed by atoms with Crippen LogP contribution in [0.1, 0.15) is 6.92 Å². The minimum atomic E-state index is -0.470. The Morgan fingerprint density at radius 3 is 2.70 bits per heavy atom.